The van der Waals surface area contributed by atoms with Crippen molar-refractivity contribution in [3.05, 3.63) is 11.1 Å². The number of aromatic amines is 1. The van der Waals surface area contributed by atoms with E-state index in [1.54, 1.807) is 0 Å². The Morgan fingerprint density at radius 3 is 2.56 bits per heavy atom. The molecule has 27 heavy (non-hydrogen) atoms. The van der Waals surface area contributed by atoms with Crippen LogP contribution in [0, 0.1) is 5.92 Å². The number of pyridine rings is 1. The first-order valence-corrected chi connectivity index (χ1v) is 10.8. The maximum Gasteiger partial charge on any atom is 0.185 e. The molecular formula is C21H32N6. The van der Waals surface area contributed by atoms with Gasteiger partial charge in [0.2, 0.25) is 0 Å². The number of anilines is 2. The fraction of sp³-hybridized carbons (Fsp3) is 0.714. The first-order chi connectivity index (χ1) is 13.2. The lowest BCUT2D eigenvalue weighted by Crippen LogP contribution is -2.42. The fourth-order valence-corrected chi connectivity index (χ4v) is 5.40. The summed E-state index contributed by atoms with van der Waals surface area (Å²) in [6.45, 7) is 6.74. The van der Waals surface area contributed by atoms with Gasteiger partial charge >= 0.3 is 0 Å². The molecule has 5 rings (SSSR count). The summed E-state index contributed by atoms with van der Waals surface area (Å²) in [7, 11) is 0. The Kier molecular flexibility index (Phi) is 4.46. The third-order valence-electron chi connectivity index (χ3n) is 7.11. The molecule has 3 N–H and O–H groups in total. The zero-order valence-electron chi connectivity index (χ0n) is 16.5. The highest BCUT2D eigenvalue weighted by molar-refractivity contribution is 5.92. The van der Waals surface area contributed by atoms with Gasteiger partial charge in [-0.15, -0.1) is 0 Å². The number of hydrogen-bond donors (Lipinski definition) is 2. The van der Waals surface area contributed by atoms with Gasteiger partial charge in [-0.1, -0.05) is 26.2 Å². The summed E-state index contributed by atoms with van der Waals surface area (Å²) in [5, 5.41) is 8.45. The predicted molar refractivity (Wildman–Crippen MR) is 110 cm³/mol. The number of hydrogen-bond acceptors (Lipinski definition) is 5. The van der Waals surface area contributed by atoms with E-state index in [9.17, 15) is 0 Å². The molecule has 6 nitrogen and oxygen atoms in total. The van der Waals surface area contributed by atoms with Crippen LogP contribution in [0.25, 0.3) is 11.0 Å². The van der Waals surface area contributed by atoms with Crippen molar-refractivity contribution in [2.75, 3.05) is 30.3 Å². The van der Waals surface area contributed by atoms with Crippen molar-refractivity contribution in [2.45, 2.75) is 70.9 Å². The van der Waals surface area contributed by atoms with Gasteiger partial charge in [-0.3, -0.25) is 10.00 Å². The van der Waals surface area contributed by atoms with E-state index in [4.69, 9.17) is 10.7 Å². The van der Waals surface area contributed by atoms with Crippen molar-refractivity contribution < 1.29 is 0 Å². The fourth-order valence-electron chi connectivity index (χ4n) is 5.40. The van der Waals surface area contributed by atoms with E-state index in [1.165, 1.54) is 61.9 Å². The number of nitrogens with zero attached hydrogens (tertiary/aromatic N) is 4. The first-order valence-electron chi connectivity index (χ1n) is 10.8. The summed E-state index contributed by atoms with van der Waals surface area (Å²) >= 11 is 0. The lowest BCUT2D eigenvalue weighted by molar-refractivity contribution is 0.141. The molecule has 0 aromatic carbocycles. The molecule has 6 heteroatoms. The van der Waals surface area contributed by atoms with Gasteiger partial charge in [-0.05, 0) is 43.6 Å². The second-order valence-electron chi connectivity index (χ2n) is 8.91. The molecule has 2 aliphatic heterocycles. The number of rotatable bonds is 2. The van der Waals surface area contributed by atoms with Gasteiger partial charge < -0.3 is 10.6 Å². The average Bonchev–Trinajstić information content (AvgIpc) is 3.09. The highest BCUT2D eigenvalue weighted by Gasteiger charge is 2.31. The molecule has 2 aromatic heterocycles. The first kappa shape index (κ1) is 17.3. The third-order valence-corrected chi connectivity index (χ3v) is 7.11. The number of nitrogens with one attached hydrogen (secondary N) is 1. The molecule has 1 aliphatic carbocycles. The van der Waals surface area contributed by atoms with E-state index in [0.29, 0.717) is 5.82 Å². The minimum atomic E-state index is 0.679. The maximum atomic E-state index is 6.24. The minimum Gasteiger partial charge on any atom is -0.384 e. The quantitative estimate of drug-likeness (QED) is 0.849. The van der Waals surface area contributed by atoms with Crippen molar-refractivity contribution in [3.8, 4) is 0 Å². The van der Waals surface area contributed by atoms with E-state index in [0.717, 1.165) is 55.6 Å². The normalized spacial score (nSPS) is 23.1. The molecule has 2 aromatic rings. The summed E-state index contributed by atoms with van der Waals surface area (Å²) < 4.78 is 0. The third kappa shape index (κ3) is 3.08. The van der Waals surface area contributed by atoms with Crippen molar-refractivity contribution in [2.24, 2.45) is 5.92 Å². The van der Waals surface area contributed by atoms with E-state index in [1.807, 2.05) is 0 Å². The molecule has 0 atom stereocenters. The molecule has 146 valence electrons. The van der Waals surface area contributed by atoms with Gasteiger partial charge in [0.05, 0.1) is 5.39 Å². The van der Waals surface area contributed by atoms with Crippen LogP contribution in [0.15, 0.2) is 0 Å². The van der Waals surface area contributed by atoms with Crippen molar-refractivity contribution in [1.29, 1.82) is 0 Å². The van der Waals surface area contributed by atoms with Gasteiger partial charge in [0.1, 0.15) is 11.6 Å². The van der Waals surface area contributed by atoms with E-state index >= 15 is 0 Å². The molecule has 0 amide bonds. The summed E-state index contributed by atoms with van der Waals surface area (Å²) in [6, 6.07) is 0.749. The number of aromatic nitrogens is 3. The van der Waals surface area contributed by atoms with Crippen LogP contribution >= 0.6 is 0 Å². The molecule has 0 unspecified atom stereocenters. The zero-order chi connectivity index (χ0) is 18.4. The number of H-pyrrole nitrogens is 1. The van der Waals surface area contributed by atoms with Crippen LogP contribution in [0.1, 0.15) is 63.0 Å². The lowest BCUT2D eigenvalue weighted by atomic mass is 9.90. The Morgan fingerprint density at radius 1 is 1.00 bits per heavy atom. The van der Waals surface area contributed by atoms with E-state index in [-0.39, 0.29) is 0 Å². The second-order valence-corrected chi connectivity index (χ2v) is 8.91. The smallest absolute Gasteiger partial charge is 0.185 e. The van der Waals surface area contributed by atoms with Gasteiger partial charge in [0, 0.05) is 37.8 Å². The Balaban J connectivity index is 1.54. The summed E-state index contributed by atoms with van der Waals surface area (Å²) in [6.07, 6.45) is 10.5. The zero-order valence-corrected chi connectivity index (χ0v) is 16.5. The number of nitrogen functional groups attached to an aromatic ring is 1. The van der Waals surface area contributed by atoms with Crippen LogP contribution in [0.3, 0.4) is 0 Å². The molecule has 3 aliphatic rings. The highest BCUT2D eigenvalue weighted by atomic mass is 15.2. The Morgan fingerprint density at radius 2 is 1.78 bits per heavy atom. The molecular weight excluding hydrogens is 336 g/mol. The minimum absolute atomic E-state index is 0.679. The van der Waals surface area contributed by atoms with Crippen LogP contribution in [0.5, 0.6) is 0 Å². The average molecular weight is 369 g/mol. The van der Waals surface area contributed by atoms with Crippen molar-refractivity contribution in [1.82, 2.24) is 20.1 Å². The maximum absolute atomic E-state index is 6.24. The predicted octanol–water partition coefficient (Wildman–Crippen LogP) is 3.47. The molecule has 1 saturated carbocycles. The molecule has 0 spiro atoms. The van der Waals surface area contributed by atoms with Crippen LogP contribution in [-0.4, -0.2) is 45.8 Å². The van der Waals surface area contributed by atoms with Crippen LogP contribution in [0.4, 0.5) is 11.6 Å². The second kappa shape index (κ2) is 6.97. The van der Waals surface area contributed by atoms with Crippen molar-refractivity contribution in [3.63, 3.8) is 0 Å². The number of fused-ring (bicyclic) bond motifs is 3. The lowest BCUT2D eigenvalue weighted by Gasteiger charge is -2.40. The van der Waals surface area contributed by atoms with Gasteiger partial charge in [0.15, 0.2) is 5.65 Å². The summed E-state index contributed by atoms with van der Waals surface area (Å²) in [5.41, 5.74) is 9.85. The monoisotopic (exact) mass is 368 g/mol. The molecule has 1 saturated heterocycles. The Labute approximate surface area is 161 Å². The molecule has 0 radical (unpaired) electrons. The Hall–Kier alpha value is -1.82. The topological polar surface area (TPSA) is 74.1 Å². The van der Waals surface area contributed by atoms with Crippen LogP contribution in [-0.2, 0) is 13.0 Å². The Bertz CT molecular complexity index is 814. The highest BCUT2D eigenvalue weighted by Crippen LogP contribution is 2.38. The van der Waals surface area contributed by atoms with Crippen LogP contribution in [0.2, 0.25) is 0 Å². The van der Waals surface area contributed by atoms with Crippen LogP contribution < -0.4 is 10.6 Å². The molecule has 0 bridgehead atoms. The standard InChI is InChI=1S/C21H32N6/c1-14-7-10-26(11-8-14)21-17-13-27(15-5-3-2-4-6-15)12-9-16(17)18-19(22)24-25-20(18)23-21/h14-15H,2-13H2,1H3,(H3,22,23,24,25). The number of piperidine rings is 1. The summed E-state index contributed by atoms with van der Waals surface area (Å²) in [5.74, 6) is 2.68. The number of nitrogens with two attached hydrogens (primary N) is 1. The van der Waals surface area contributed by atoms with Gasteiger partial charge in [-0.2, -0.15) is 5.10 Å². The summed E-state index contributed by atoms with van der Waals surface area (Å²) in [4.78, 5) is 10.2. The SMILES string of the molecule is CC1CCN(c2nc3n[nH]c(N)c3c3c2CN(C2CCCCC2)CC3)CC1. The van der Waals surface area contributed by atoms with E-state index < -0.39 is 0 Å². The van der Waals surface area contributed by atoms with Crippen molar-refractivity contribution >= 4 is 22.7 Å². The van der Waals surface area contributed by atoms with E-state index in [2.05, 4.69) is 26.9 Å². The molecule has 4 heterocycles. The van der Waals surface area contributed by atoms with Gasteiger partial charge in [-0.25, -0.2) is 4.98 Å². The van der Waals surface area contributed by atoms with Gasteiger partial charge in [0.25, 0.3) is 0 Å². The largest absolute Gasteiger partial charge is 0.384 e. The molecule has 2 fully saturated rings.